The molecule has 1 amide bonds. The van der Waals surface area contributed by atoms with E-state index in [0.717, 1.165) is 45.5 Å². The maximum absolute atomic E-state index is 13.0. The Balaban J connectivity index is 2.09. The number of para-hydroxylation sites is 1. The number of hydrogen-bond acceptors (Lipinski definition) is 5. The van der Waals surface area contributed by atoms with Gasteiger partial charge in [-0.15, -0.1) is 11.3 Å². The normalized spacial score (nSPS) is 10.7. The largest absolute Gasteiger partial charge is 0.397 e. The quantitative estimate of drug-likeness (QED) is 0.407. The summed E-state index contributed by atoms with van der Waals surface area (Å²) in [6.45, 7) is 4.14. The van der Waals surface area contributed by atoms with Crippen molar-refractivity contribution in [3.8, 4) is 0 Å². The summed E-state index contributed by atoms with van der Waals surface area (Å²) in [6.07, 6.45) is 1.65. The first-order valence-corrected chi connectivity index (χ1v) is 10.9. The van der Waals surface area contributed by atoms with Crippen LogP contribution in [-0.4, -0.2) is 11.7 Å². The van der Waals surface area contributed by atoms with E-state index in [0.29, 0.717) is 15.4 Å². The highest BCUT2D eigenvalue weighted by molar-refractivity contribution is 9.10. The standard InChI is InChI=1S/C22H22BrN3O2S/c1-3-12-6-5-7-13(4-2)18(12)26-22-16(21(25)28)17(24)20(29-22)19(27)14-8-10-15(23)11-9-14/h5-11,26H,3-4,24H2,1-2H3,(H2,25,28). The fraction of sp³-hybridized carbons (Fsp3) is 0.182. The highest BCUT2D eigenvalue weighted by atomic mass is 79.9. The van der Waals surface area contributed by atoms with Crippen molar-refractivity contribution in [1.29, 1.82) is 0 Å². The number of carbonyl (C=O) groups is 2. The molecule has 0 bridgehead atoms. The highest BCUT2D eigenvalue weighted by Crippen LogP contribution is 2.40. The lowest BCUT2D eigenvalue weighted by Crippen LogP contribution is -2.15. The number of benzene rings is 2. The fourth-order valence-electron chi connectivity index (χ4n) is 3.19. The summed E-state index contributed by atoms with van der Waals surface area (Å²) in [5.74, 6) is -0.904. The van der Waals surface area contributed by atoms with Crippen LogP contribution in [0.5, 0.6) is 0 Å². The van der Waals surface area contributed by atoms with E-state index in [2.05, 4.69) is 35.1 Å². The van der Waals surface area contributed by atoms with Gasteiger partial charge < -0.3 is 16.8 Å². The van der Waals surface area contributed by atoms with Crippen molar-refractivity contribution in [2.24, 2.45) is 5.73 Å². The van der Waals surface area contributed by atoms with Gasteiger partial charge in [0.1, 0.15) is 9.88 Å². The van der Waals surface area contributed by atoms with Crippen LogP contribution in [0.25, 0.3) is 0 Å². The van der Waals surface area contributed by atoms with E-state index in [9.17, 15) is 9.59 Å². The van der Waals surface area contributed by atoms with Gasteiger partial charge in [0.05, 0.1) is 11.3 Å². The molecule has 0 atom stereocenters. The molecule has 0 unspecified atom stereocenters. The summed E-state index contributed by atoms with van der Waals surface area (Å²) >= 11 is 4.52. The molecule has 0 radical (unpaired) electrons. The van der Waals surface area contributed by atoms with E-state index >= 15 is 0 Å². The van der Waals surface area contributed by atoms with Crippen LogP contribution in [0.15, 0.2) is 46.9 Å². The van der Waals surface area contributed by atoms with Crippen LogP contribution in [0.4, 0.5) is 16.4 Å². The maximum Gasteiger partial charge on any atom is 0.253 e. The zero-order chi connectivity index (χ0) is 21.1. The number of ketones is 1. The van der Waals surface area contributed by atoms with Crippen molar-refractivity contribution >= 4 is 55.3 Å². The Morgan fingerprint density at radius 1 is 1.03 bits per heavy atom. The smallest absolute Gasteiger partial charge is 0.253 e. The number of aryl methyl sites for hydroxylation is 2. The van der Waals surface area contributed by atoms with Gasteiger partial charge in [0.2, 0.25) is 5.78 Å². The van der Waals surface area contributed by atoms with E-state index in [1.165, 1.54) is 0 Å². The number of carbonyl (C=O) groups excluding carboxylic acids is 2. The van der Waals surface area contributed by atoms with Crippen molar-refractivity contribution < 1.29 is 9.59 Å². The van der Waals surface area contributed by atoms with Crippen LogP contribution in [-0.2, 0) is 12.8 Å². The van der Waals surface area contributed by atoms with Gasteiger partial charge >= 0.3 is 0 Å². The zero-order valence-electron chi connectivity index (χ0n) is 16.2. The number of nitrogens with one attached hydrogen (secondary N) is 1. The van der Waals surface area contributed by atoms with Crippen LogP contribution in [0, 0.1) is 0 Å². The summed E-state index contributed by atoms with van der Waals surface area (Å²) in [5, 5.41) is 3.84. The van der Waals surface area contributed by atoms with Crippen LogP contribution in [0.3, 0.4) is 0 Å². The number of anilines is 3. The first-order valence-electron chi connectivity index (χ1n) is 9.27. The molecule has 7 heteroatoms. The third-order valence-corrected chi connectivity index (χ3v) is 6.39. The lowest BCUT2D eigenvalue weighted by atomic mass is 10.0. The molecule has 2 aromatic carbocycles. The molecule has 5 nitrogen and oxygen atoms in total. The van der Waals surface area contributed by atoms with Gasteiger partial charge in [0.15, 0.2) is 0 Å². The van der Waals surface area contributed by atoms with E-state index in [4.69, 9.17) is 11.5 Å². The number of nitrogen functional groups attached to an aromatic ring is 1. The molecular formula is C22H22BrN3O2S. The van der Waals surface area contributed by atoms with E-state index < -0.39 is 5.91 Å². The van der Waals surface area contributed by atoms with Gasteiger partial charge in [-0.05, 0) is 48.2 Å². The minimum Gasteiger partial charge on any atom is -0.397 e. The predicted molar refractivity (Wildman–Crippen MR) is 123 cm³/mol. The molecule has 0 saturated heterocycles. The first kappa shape index (κ1) is 21.1. The average Bonchev–Trinajstić information content (AvgIpc) is 3.04. The number of thiophene rings is 1. The number of rotatable bonds is 7. The monoisotopic (exact) mass is 471 g/mol. The molecule has 29 heavy (non-hydrogen) atoms. The van der Waals surface area contributed by atoms with Crippen LogP contribution in [0.2, 0.25) is 0 Å². The van der Waals surface area contributed by atoms with Gasteiger partial charge in [-0.1, -0.05) is 48.0 Å². The summed E-state index contributed by atoms with van der Waals surface area (Å²) in [6, 6.07) is 13.1. The second-order valence-corrected chi connectivity index (χ2v) is 8.47. The van der Waals surface area contributed by atoms with E-state index in [1.54, 1.807) is 24.3 Å². The number of hydrogen-bond donors (Lipinski definition) is 3. The Kier molecular flexibility index (Phi) is 6.39. The van der Waals surface area contributed by atoms with Crippen molar-refractivity contribution in [2.45, 2.75) is 26.7 Å². The molecule has 0 fully saturated rings. The lowest BCUT2D eigenvalue weighted by molar-refractivity contribution is 0.100. The molecule has 1 heterocycles. The number of nitrogens with two attached hydrogens (primary N) is 2. The molecule has 0 saturated carbocycles. The summed E-state index contributed by atoms with van der Waals surface area (Å²) in [4.78, 5) is 25.5. The number of amides is 1. The Hall–Kier alpha value is -2.64. The highest BCUT2D eigenvalue weighted by Gasteiger charge is 2.26. The van der Waals surface area contributed by atoms with Crippen LogP contribution in [0.1, 0.15) is 50.6 Å². The van der Waals surface area contributed by atoms with Crippen molar-refractivity contribution in [3.63, 3.8) is 0 Å². The maximum atomic E-state index is 13.0. The van der Waals surface area contributed by atoms with Gasteiger partial charge in [-0.25, -0.2) is 0 Å². The minimum atomic E-state index is -0.664. The van der Waals surface area contributed by atoms with Gasteiger partial charge in [0, 0.05) is 15.7 Å². The average molecular weight is 472 g/mol. The fourth-order valence-corrected chi connectivity index (χ4v) is 4.55. The number of halogens is 1. The number of primary amides is 1. The van der Waals surface area contributed by atoms with Crippen molar-refractivity contribution in [2.75, 3.05) is 11.1 Å². The summed E-state index contributed by atoms with van der Waals surface area (Å²) in [7, 11) is 0. The third kappa shape index (κ3) is 4.21. The van der Waals surface area contributed by atoms with E-state index in [-0.39, 0.29) is 17.0 Å². The van der Waals surface area contributed by atoms with Crippen molar-refractivity contribution in [1.82, 2.24) is 0 Å². The van der Waals surface area contributed by atoms with Crippen molar-refractivity contribution in [3.05, 3.63) is 74.1 Å². The molecule has 3 rings (SSSR count). The van der Waals surface area contributed by atoms with E-state index in [1.807, 2.05) is 18.2 Å². The molecule has 0 aliphatic rings. The van der Waals surface area contributed by atoms with Gasteiger partial charge in [-0.3, -0.25) is 9.59 Å². The molecular weight excluding hydrogens is 450 g/mol. The zero-order valence-corrected chi connectivity index (χ0v) is 18.6. The Morgan fingerprint density at radius 3 is 2.14 bits per heavy atom. The molecule has 150 valence electrons. The Morgan fingerprint density at radius 2 is 1.62 bits per heavy atom. The topological polar surface area (TPSA) is 98.2 Å². The third-order valence-electron chi connectivity index (χ3n) is 4.74. The van der Waals surface area contributed by atoms with Crippen LogP contribution >= 0.6 is 27.3 Å². The lowest BCUT2D eigenvalue weighted by Gasteiger charge is -2.15. The molecule has 0 aliphatic heterocycles. The molecule has 0 aliphatic carbocycles. The molecule has 0 spiro atoms. The first-order chi connectivity index (χ1) is 13.9. The summed E-state index contributed by atoms with van der Waals surface area (Å²) < 4.78 is 0.872. The summed E-state index contributed by atoms with van der Waals surface area (Å²) in [5.41, 5.74) is 15.8. The Labute approximate surface area is 182 Å². The second-order valence-electron chi connectivity index (χ2n) is 6.53. The Bertz CT molecular complexity index is 1050. The molecule has 1 aromatic heterocycles. The predicted octanol–water partition coefficient (Wildman–Crippen LogP) is 5.29. The van der Waals surface area contributed by atoms with Crippen LogP contribution < -0.4 is 16.8 Å². The second kappa shape index (κ2) is 8.80. The molecule has 3 aromatic rings. The SMILES string of the molecule is CCc1cccc(CC)c1Nc1sc(C(=O)c2ccc(Br)cc2)c(N)c1C(N)=O. The van der Waals surface area contributed by atoms with Gasteiger partial charge in [-0.2, -0.15) is 0 Å². The molecule has 5 N–H and O–H groups in total. The minimum absolute atomic E-state index is 0.116. The van der Waals surface area contributed by atoms with Gasteiger partial charge in [0.25, 0.3) is 5.91 Å².